The van der Waals surface area contributed by atoms with Gasteiger partial charge in [-0.3, -0.25) is 0 Å². The molecule has 1 N–H and O–H groups in total. The molecule has 0 unspecified atom stereocenters. The SMILES string of the molecule is Cc1cc(CNc2c(F)ccc(OCC(=O)OC(C)C)c2C)c(F)c(-c2cccc(F)c2)c1. The summed E-state index contributed by atoms with van der Waals surface area (Å²) in [6.07, 6.45) is -0.269. The van der Waals surface area contributed by atoms with Crippen molar-refractivity contribution in [1.29, 1.82) is 0 Å². The van der Waals surface area contributed by atoms with E-state index in [1.165, 1.54) is 30.3 Å². The highest BCUT2D eigenvalue weighted by Crippen LogP contribution is 2.31. The largest absolute Gasteiger partial charge is 0.482 e. The fourth-order valence-corrected chi connectivity index (χ4v) is 3.49. The molecule has 0 atom stereocenters. The Morgan fingerprint density at radius 1 is 1.03 bits per heavy atom. The van der Waals surface area contributed by atoms with Gasteiger partial charge in [-0.2, -0.15) is 0 Å². The zero-order valence-corrected chi connectivity index (χ0v) is 19.0. The lowest BCUT2D eigenvalue weighted by Crippen LogP contribution is -2.19. The van der Waals surface area contributed by atoms with Gasteiger partial charge in [-0.05, 0) is 69.2 Å². The predicted molar refractivity (Wildman–Crippen MR) is 122 cm³/mol. The number of hydrogen-bond acceptors (Lipinski definition) is 4. The van der Waals surface area contributed by atoms with Gasteiger partial charge >= 0.3 is 5.97 Å². The van der Waals surface area contributed by atoms with Crippen molar-refractivity contribution < 1.29 is 27.4 Å². The van der Waals surface area contributed by atoms with E-state index < -0.39 is 23.4 Å². The number of benzene rings is 3. The van der Waals surface area contributed by atoms with Crippen molar-refractivity contribution in [1.82, 2.24) is 0 Å². The smallest absolute Gasteiger partial charge is 0.344 e. The number of carbonyl (C=O) groups excluding carboxylic acids is 1. The number of hydrogen-bond donors (Lipinski definition) is 1. The van der Waals surface area contributed by atoms with Gasteiger partial charge in [0.1, 0.15) is 23.2 Å². The van der Waals surface area contributed by atoms with Gasteiger partial charge in [0.2, 0.25) is 0 Å². The van der Waals surface area contributed by atoms with Crippen LogP contribution in [0.25, 0.3) is 11.1 Å². The zero-order valence-electron chi connectivity index (χ0n) is 19.0. The van der Waals surface area contributed by atoms with Gasteiger partial charge in [-0.25, -0.2) is 18.0 Å². The van der Waals surface area contributed by atoms with Gasteiger partial charge in [0.25, 0.3) is 0 Å². The van der Waals surface area contributed by atoms with Crippen molar-refractivity contribution in [2.45, 2.75) is 40.3 Å². The van der Waals surface area contributed by atoms with Crippen molar-refractivity contribution in [3.8, 4) is 16.9 Å². The van der Waals surface area contributed by atoms with Gasteiger partial charge in [-0.15, -0.1) is 0 Å². The van der Waals surface area contributed by atoms with Crippen LogP contribution in [0.2, 0.25) is 0 Å². The fraction of sp³-hybridized carbons (Fsp3) is 0.269. The topological polar surface area (TPSA) is 47.6 Å². The third kappa shape index (κ3) is 6.06. The lowest BCUT2D eigenvalue weighted by atomic mass is 9.99. The molecule has 0 saturated heterocycles. The molecule has 4 nitrogen and oxygen atoms in total. The summed E-state index contributed by atoms with van der Waals surface area (Å²) >= 11 is 0. The average Bonchev–Trinajstić information content (AvgIpc) is 2.74. The Morgan fingerprint density at radius 3 is 2.48 bits per heavy atom. The van der Waals surface area contributed by atoms with Crippen LogP contribution in [0.1, 0.15) is 30.5 Å². The molecule has 0 saturated carbocycles. The number of esters is 1. The Bertz CT molecular complexity index is 1160. The van der Waals surface area contributed by atoms with E-state index in [1.807, 2.05) is 6.92 Å². The summed E-state index contributed by atoms with van der Waals surface area (Å²) in [5.74, 6) is -1.73. The van der Waals surface area contributed by atoms with Crippen molar-refractivity contribution in [2.75, 3.05) is 11.9 Å². The highest BCUT2D eigenvalue weighted by atomic mass is 19.1. The lowest BCUT2D eigenvalue weighted by Gasteiger charge is -2.17. The second kappa shape index (κ2) is 10.4. The van der Waals surface area contributed by atoms with Crippen LogP contribution in [0, 0.1) is 31.3 Å². The summed E-state index contributed by atoms with van der Waals surface area (Å²) in [6, 6.07) is 11.6. The standard InChI is InChI=1S/C26H26F3NO3/c1-15(2)33-24(31)14-32-23-9-8-22(28)26(17(23)4)30-13-19-10-16(3)11-21(25(19)29)18-6-5-7-20(27)12-18/h5-12,15,30H,13-14H2,1-4H3. The lowest BCUT2D eigenvalue weighted by molar-refractivity contribution is -0.149. The number of nitrogens with one attached hydrogen (secondary N) is 1. The molecule has 0 aliphatic heterocycles. The molecule has 0 aliphatic carbocycles. The van der Waals surface area contributed by atoms with Crippen LogP contribution in [-0.2, 0) is 16.1 Å². The minimum absolute atomic E-state index is 0.00751. The molecule has 0 amide bonds. The van der Waals surface area contributed by atoms with E-state index in [0.29, 0.717) is 22.4 Å². The van der Waals surface area contributed by atoms with Crippen molar-refractivity contribution in [3.63, 3.8) is 0 Å². The van der Waals surface area contributed by atoms with Gasteiger partial charge < -0.3 is 14.8 Å². The van der Waals surface area contributed by atoms with Crippen LogP contribution >= 0.6 is 0 Å². The highest BCUT2D eigenvalue weighted by Gasteiger charge is 2.16. The first-order valence-electron chi connectivity index (χ1n) is 10.6. The van der Waals surface area contributed by atoms with E-state index in [0.717, 1.165) is 5.56 Å². The minimum atomic E-state index is -0.539. The number of anilines is 1. The Balaban J connectivity index is 1.82. The summed E-state index contributed by atoms with van der Waals surface area (Å²) in [6.45, 7) is 6.59. The molecule has 3 aromatic carbocycles. The Labute approximate surface area is 191 Å². The van der Waals surface area contributed by atoms with Gasteiger partial charge in [-0.1, -0.05) is 18.2 Å². The fourth-order valence-electron chi connectivity index (χ4n) is 3.49. The van der Waals surface area contributed by atoms with Gasteiger partial charge in [0.15, 0.2) is 6.61 Å². The molecule has 3 aromatic rings. The highest BCUT2D eigenvalue weighted by molar-refractivity contribution is 5.71. The van der Waals surface area contributed by atoms with Crippen molar-refractivity contribution >= 4 is 11.7 Å². The number of carbonyl (C=O) groups is 1. The molecule has 0 radical (unpaired) electrons. The first kappa shape index (κ1) is 24.2. The van der Waals surface area contributed by atoms with E-state index >= 15 is 4.39 Å². The van der Waals surface area contributed by atoms with Crippen molar-refractivity contribution in [3.05, 3.63) is 82.7 Å². The monoisotopic (exact) mass is 457 g/mol. The molecule has 174 valence electrons. The summed E-state index contributed by atoms with van der Waals surface area (Å²) in [5, 5.41) is 2.93. The number of rotatable bonds is 8. The first-order chi connectivity index (χ1) is 15.7. The molecule has 0 fully saturated rings. The van der Waals surface area contributed by atoms with Gasteiger partial charge in [0.05, 0.1) is 11.8 Å². The van der Waals surface area contributed by atoms with Crippen LogP contribution in [0.5, 0.6) is 5.75 Å². The number of aryl methyl sites for hydroxylation is 1. The third-order valence-electron chi connectivity index (χ3n) is 4.96. The average molecular weight is 457 g/mol. The maximum Gasteiger partial charge on any atom is 0.344 e. The van der Waals surface area contributed by atoms with E-state index in [9.17, 15) is 13.6 Å². The predicted octanol–water partition coefficient (Wildman–Crippen LogP) is 6.33. The molecule has 33 heavy (non-hydrogen) atoms. The van der Waals surface area contributed by atoms with Crippen LogP contribution in [0.4, 0.5) is 18.9 Å². The Morgan fingerprint density at radius 2 is 1.79 bits per heavy atom. The van der Waals surface area contributed by atoms with Crippen molar-refractivity contribution in [2.24, 2.45) is 0 Å². The molecule has 3 rings (SSSR count). The van der Waals surface area contributed by atoms with Crippen LogP contribution in [0.3, 0.4) is 0 Å². The van der Waals surface area contributed by atoms with Gasteiger partial charge in [0, 0.05) is 23.2 Å². The molecular formula is C26H26F3NO3. The molecule has 0 aliphatic rings. The van der Waals surface area contributed by atoms with E-state index in [-0.39, 0.29) is 30.5 Å². The molecule has 7 heteroatoms. The number of ether oxygens (including phenoxy) is 2. The molecule has 0 bridgehead atoms. The Kier molecular flexibility index (Phi) is 7.63. The molecule has 0 aromatic heterocycles. The summed E-state index contributed by atoms with van der Waals surface area (Å²) in [7, 11) is 0. The van der Waals surface area contributed by atoms with E-state index in [1.54, 1.807) is 39.0 Å². The zero-order chi connectivity index (χ0) is 24.1. The molecular weight excluding hydrogens is 431 g/mol. The van der Waals surface area contributed by atoms with E-state index in [4.69, 9.17) is 9.47 Å². The summed E-state index contributed by atoms with van der Waals surface area (Å²) < 4.78 is 53.9. The second-order valence-electron chi connectivity index (χ2n) is 8.02. The maximum atomic E-state index is 15.2. The molecule has 0 heterocycles. The number of halogens is 3. The maximum absolute atomic E-state index is 15.2. The quantitative estimate of drug-likeness (QED) is 0.402. The molecule has 0 spiro atoms. The summed E-state index contributed by atoms with van der Waals surface area (Å²) in [4.78, 5) is 11.7. The van der Waals surface area contributed by atoms with E-state index in [2.05, 4.69) is 5.32 Å². The van der Waals surface area contributed by atoms with Crippen LogP contribution in [0.15, 0.2) is 48.5 Å². The summed E-state index contributed by atoms with van der Waals surface area (Å²) in [5.41, 5.74) is 2.35. The first-order valence-corrected chi connectivity index (χ1v) is 10.6. The van der Waals surface area contributed by atoms with Crippen LogP contribution < -0.4 is 10.1 Å². The third-order valence-corrected chi connectivity index (χ3v) is 4.96. The minimum Gasteiger partial charge on any atom is -0.482 e. The normalized spacial score (nSPS) is 10.9. The second-order valence-corrected chi connectivity index (χ2v) is 8.02. The Hall–Kier alpha value is -3.48. The van der Waals surface area contributed by atoms with Crippen LogP contribution in [-0.4, -0.2) is 18.7 Å².